The molecule has 0 saturated heterocycles. The van der Waals surface area contributed by atoms with Gasteiger partial charge in [0.15, 0.2) is 0 Å². The SMILES string of the molecule is [13CH3]O[13C]([13CH3])([13CH3])[13CH3]. The Morgan fingerprint density at radius 2 is 1.33 bits per heavy atom. The van der Waals surface area contributed by atoms with E-state index in [1.165, 1.54) is 0 Å². The Bertz CT molecular complexity index is 33.7. The van der Waals surface area contributed by atoms with E-state index in [0.717, 1.165) is 0 Å². The summed E-state index contributed by atoms with van der Waals surface area (Å²) < 4.78 is 4.94. The van der Waals surface area contributed by atoms with Gasteiger partial charge in [0.2, 0.25) is 0 Å². The summed E-state index contributed by atoms with van der Waals surface area (Å²) in [5.41, 5.74) is 0.0417. The van der Waals surface area contributed by atoms with Crippen LogP contribution in [0.5, 0.6) is 0 Å². The second-order valence-electron chi connectivity index (χ2n) is 2.32. The molecule has 0 spiro atoms. The summed E-state index contributed by atoms with van der Waals surface area (Å²) in [6.07, 6.45) is 0. The molecule has 38 valence electrons. The number of ether oxygens (including phenoxy) is 1. The molecule has 0 radical (unpaired) electrons. The zero-order chi connectivity index (χ0) is 5.21. The van der Waals surface area contributed by atoms with Gasteiger partial charge in [0.05, 0.1) is 5.60 Å². The third kappa shape index (κ3) is 3.96. The van der Waals surface area contributed by atoms with Crippen molar-refractivity contribution in [2.24, 2.45) is 0 Å². The van der Waals surface area contributed by atoms with E-state index in [1.54, 1.807) is 7.11 Å². The van der Waals surface area contributed by atoms with Crippen LogP contribution in [0.3, 0.4) is 0 Å². The smallest absolute Gasteiger partial charge is 0.0594 e. The average molecular weight is 93.1 g/mol. The van der Waals surface area contributed by atoms with Gasteiger partial charge in [0.25, 0.3) is 0 Å². The first-order valence-corrected chi connectivity index (χ1v) is 2.11. The van der Waals surface area contributed by atoms with E-state index >= 15 is 0 Å². The van der Waals surface area contributed by atoms with Crippen molar-refractivity contribution >= 4 is 0 Å². The van der Waals surface area contributed by atoms with Crippen molar-refractivity contribution in [2.75, 3.05) is 7.11 Å². The molecular formula is C5H12O. The second kappa shape index (κ2) is 1.61. The van der Waals surface area contributed by atoms with Crippen molar-refractivity contribution in [1.29, 1.82) is 0 Å². The quantitative estimate of drug-likeness (QED) is 0.412. The van der Waals surface area contributed by atoms with E-state index in [1.807, 2.05) is 20.8 Å². The molecule has 6 heavy (non-hydrogen) atoms. The highest BCUT2D eigenvalue weighted by atomic mass is 16.6. The van der Waals surface area contributed by atoms with E-state index in [2.05, 4.69) is 0 Å². The van der Waals surface area contributed by atoms with Crippen molar-refractivity contribution in [3.8, 4) is 0 Å². The van der Waals surface area contributed by atoms with Gasteiger partial charge in [0.1, 0.15) is 0 Å². The van der Waals surface area contributed by atoms with Crippen LogP contribution < -0.4 is 0 Å². The van der Waals surface area contributed by atoms with Crippen LogP contribution in [0.4, 0.5) is 0 Å². The van der Waals surface area contributed by atoms with Gasteiger partial charge in [-0.3, -0.25) is 0 Å². The number of methoxy groups -OCH3 is 1. The molecule has 0 amide bonds. The average Bonchev–Trinajstić information content (AvgIpc) is 1.35. The molecule has 0 heterocycles. The second-order valence-corrected chi connectivity index (χ2v) is 2.32. The highest BCUT2D eigenvalue weighted by molar-refractivity contribution is 4.55. The normalized spacial score (nSPS) is 12.0. The van der Waals surface area contributed by atoms with Gasteiger partial charge in [-0.05, 0) is 20.8 Å². The molecule has 0 aliphatic rings. The van der Waals surface area contributed by atoms with Gasteiger partial charge >= 0.3 is 0 Å². The minimum atomic E-state index is 0.0417. The van der Waals surface area contributed by atoms with Crippen LogP contribution in [0.1, 0.15) is 20.8 Å². The Kier molecular flexibility index (Phi) is 1.59. The number of rotatable bonds is 0. The van der Waals surface area contributed by atoms with Crippen LogP contribution in [0, 0.1) is 0 Å². The molecule has 0 rings (SSSR count). The fraction of sp³-hybridized carbons (Fsp3) is 1.00. The molecule has 0 aromatic rings. The minimum Gasteiger partial charge on any atom is -0.379 e. The lowest BCUT2D eigenvalue weighted by Crippen LogP contribution is -2.15. The Morgan fingerprint density at radius 3 is 1.33 bits per heavy atom. The summed E-state index contributed by atoms with van der Waals surface area (Å²) in [5.74, 6) is 0. The van der Waals surface area contributed by atoms with Gasteiger partial charge in [-0.1, -0.05) is 0 Å². The fourth-order valence-corrected chi connectivity index (χ4v) is 0. The van der Waals surface area contributed by atoms with Crippen molar-refractivity contribution in [3.05, 3.63) is 0 Å². The lowest BCUT2D eigenvalue weighted by atomic mass is 11.2. The fourth-order valence-electron chi connectivity index (χ4n) is 0. The minimum absolute atomic E-state index is 0.0417. The zero-order valence-corrected chi connectivity index (χ0v) is 4.91. The van der Waals surface area contributed by atoms with Crippen LogP contribution in [-0.2, 0) is 4.74 Å². The first-order chi connectivity index (χ1) is 2.56. The predicted octanol–water partition coefficient (Wildman–Crippen LogP) is 1.43. The van der Waals surface area contributed by atoms with Crippen molar-refractivity contribution in [2.45, 2.75) is 26.4 Å². The highest BCUT2D eigenvalue weighted by Gasteiger charge is 2.03. The van der Waals surface area contributed by atoms with Crippen LogP contribution in [0.15, 0.2) is 0 Å². The third-order valence-corrected chi connectivity index (χ3v) is 0.612. The van der Waals surface area contributed by atoms with E-state index in [0.29, 0.717) is 0 Å². The Morgan fingerprint density at radius 1 is 1.17 bits per heavy atom. The lowest BCUT2D eigenvalue weighted by Gasteiger charge is -2.14. The molecule has 0 aromatic carbocycles. The molecule has 0 atom stereocenters. The lowest BCUT2D eigenvalue weighted by molar-refractivity contribution is 0.0397. The summed E-state index contributed by atoms with van der Waals surface area (Å²) in [4.78, 5) is 0. The highest BCUT2D eigenvalue weighted by Crippen LogP contribution is 2.02. The molecule has 0 fully saturated rings. The van der Waals surface area contributed by atoms with E-state index in [-0.39, 0.29) is 5.60 Å². The standard InChI is InChI=1S/C5H12O/c1-5(2,3)6-4/h1-4H3/i1+1,2+1,3+1,4+1,5+1. The molecule has 1 heteroatoms. The Labute approximate surface area is 39.3 Å². The molecule has 0 saturated carbocycles. The summed E-state index contributed by atoms with van der Waals surface area (Å²) >= 11 is 0. The van der Waals surface area contributed by atoms with Crippen LogP contribution in [-0.4, -0.2) is 12.7 Å². The first kappa shape index (κ1) is 5.96. The van der Waals surface area contributed by atoms with Gasteiger partial charge in [-0.25, -0.2) is 0 Å². The monoisotopic (exact) mass is 93.1 g/mol. The molecule has 0 aliphatic carbocycles. The summed E-state index contributed by atoms with van der Waals surface area (Å²) in [7, 11) is 1.71. The molecule has 0 unspecified atom stereocenters. The maximum Gasteiger partial charge on any atom is 0.0594 e. The maximum absolute atomic E-state index is 4.94. The van der Waals surface area contributed by atoms with Crippen LogP contribution in [0.25, 0.3) is 0 Å². The number of hydrogen-bond acceptors (Lipinski definition) is 1. The van der Waals surface area contributed by atoms with Gasteiger partial charge < -0.3 is 4.74 Å². The largest absolute Gasteiger partial charge is 0.379 e. The van der Waals surface area contributed by atoms with E-state index < -0.39 is 0 Å². The molecule has 0 aromatic heterocycles. The third-order valence-electron chi connectivity index (χ3n) is 0.612. The van der Waals surface area contributed by atoms with Crippen LogP contribution >= 0.6 is 0 Å². The maximum atomic E-state index is 4.94. The summed E-state index contributed by atoms with van der Waals surface area (Å²) in [5, 5.41) is 0. The Hall–Kier alpha value is -0.0400. The van der Waals surface area contributed by atoms with Gasteiger partial charge in [-0.15, -0.1) is 0 Å². The number of hydrogen-bond donors (Lipinski definition) is 0. The molecular weight excluding hydrogens is 81.0 g/mol. The predicted molar refractivity (Wildman–Crippen MR) is 26.8 cm³/mol. The summed E-state index contributed by atoms with van der Waals surface area (Å²) in [6, 6.07) is 0. The molecule has 1 nitrogen and oxygen atoms in total. The van der Waals surface area contributed by atoms with Crippen molar-refractivity contribution in [1.82, 2.24) is 0 Å². The first-order valence-electron chi connectivity index (χ1n) is 2.11. The van der Waals surface area contributed by atoms with E-state index in [4.69, 9.17) is 4.74 Å². The van der Waals surface area contributed by atoms with Gasteiger partial charge in [-0.2, -0.15) is 0 Å². The van der Waals surface area contributed by atoms with Crippen LogP contribution in [0.2, 0.25) is 0 Å². The zero-order valence-electron chi connectivity index (χ0n) is 4.91. The van der Waals surface area contributed by atoms with Crippen molar-refractivity contribution < 1.29 is 4.74 Å². The molecule has 0 N–H and O–H groups in total. The molecule has 0 aliphatic heterocycles. The molecule has 0 bridgehead atoms. The Balaban J connectivity index is 3.17. The van der Waals surface area contributed by atoms with Gasteiger partial charge in [0, 0.05) is 7.11 Å². The topological polar surface area (TPSA) is 9.23 Å². The summed E-state index contributed by atoms with van der Waals surface area (Å²) in [6.45, 7) is 6.06. The van der Waals surface area contributed by atoms with E-state index in [9.17, 15) is 0 Å². The van der Waals surface area contributed by atoms with Crippen molar-refractivity contribution in [3.63, 3.8) is 0 Å².